The Labute approximate surface area is 115 Å². The van der Waals surface area contributed by atoms with Crippen molar-refractivity contribution in [3.8, 4) is 0 Å². The molecule has 1 N–H and O–H groups in total. The molecule has 6 heteroatoms. The number of carbonyl (C=O) groups excluding carboxylic acids is 2. The Kier molecular flexibility index (Phi) is 3.33. The van der Waals surface area contributed by atoms with Gasteiger partial charge >= 0.3 is 6.09 Å². The van der Waals surface area contributed by atoms with Crippen molar-refractivity contribution >= 4 is 23.8 Å². The van der Waals surface area contributed by atoms with E-state index in [0.29, 0.717) is 12.3 Å². The van der Waals surface area contributed by atoms with Crippen LogP contribution in [0.5, 0.6) is 0 Å². The second-order valence-electron chi connectivity index (χ2n) is 4.50. The van der Waals surface area contributed by atoms with Gasteiger partial charge in [0.25, 0.3) is 0 Å². The number of ether oxygens (including phenoxy) is 1. The van der Waals surface area contributed by atoms with Gasteiger partial charge in [0.15, 0.2) is 0 Å². The molecule has 2 unspecified atom stereocenters. The van der Waals surface area contributed by atoms with Crippen LogP contribution in [0.15, 0.2) is 30.3 Å². The van der Waals surface area contributed by atoms with Gasteiger partial charge in [0.05, 0.1) is 5.37 Å². The van der Waals surface area contributed by atoms with E-state index in [1.165, 1.54) is 0 Å². The van der Waals surface area contributed by atoms with Crippen LogP contribution < -0.4 is 5.32 Å². The lowest BCUT2D eigenvalue weighted by Gasteiger charge is -2.32. The molecule has 2 heterocycles. The molecule has 2 aliphatic heterocycles. The number of nitrogens with one attached hydrogen (secondary N) is 1. The average molecular weight is 278 g/mol. The van der Waals surface area contributed by atoms with Crippen LogP contribution >= 0.6 is 11.8 Å². The summed E-state index contributed by atoms with van der Waals surface area (Å²) in [5.74, 6) is 0.564. The summed E-state index contributed by atoms with van der Waals surface area (Å²) in [6, 6.07) is 9.14. The third kappa shape index (κ3) is 2.40. The second-order valence-corrected chi connectivity index (χ2v) is 5.71. The normalized spacial score (nSPS) is 25.1. The molecule has 1 aromatic carbocycles. The predicted octanol–water partition coefficient (Wildman–Crippen LogP) is 1.20. The highest BCUT2D eigenvalue weighted by Crippen LogP contribution is 2.32. The number of nitrogens with zero attached hydrogens (tertiary/aromatic N) is 1. The highest BCUT2D eigenvalue weighted by molar-refractivity contribution is 8.00. The molecule has 0 radical (unpaired) electrons. The maximum atomic E-state index is 12.1. The van der Waals surface area contributed by atoms with Crippen LogP contribution in [-0.2, 0) is 16.1 Å². The van der Waals surface area contributed by atoms with E-state index in [2.05, 4.69) is 5.32 Å². The van der Waals surface area contributed by atoms with Gasteiger partial charge in [-0.05, 0) is 5.56 Å². The molecule has 100 valence electrons. The zero-order valence-electron chi connectivity index (χ0n) is 10.2. The summed E-state index contributed by atoms with van der Waals surface area (Å²) in [5, 5.41) is 2.80. The van der Waals surface area contributed by atoms with Crippen LogP contribution in [-0.4, -0.2) is 40.6 Å². The minimum Gasteiger partial charge on any atom is -0.445 e. The number of piperazine rings is 1. The van der Waals surface area contributed by atoms with E-state index >= 15 is 0 Å². The number of fused-ring (bicyclic) bond motifs is 2. The van der Waals surface area contributed by atoms with Crippen LogP contribution in [0.4, 0.5) is 4.79 Å². The van der Waals surface area contributed by atoms with Crippen LogP contribution in [0.2, 0.25) is 0 Å². The van der Waals surface area contributed by atoms with Crippen LogP contribution in [0, 0.1) is 0 Å². The quantitative estimate of drug-likeness (QED) is 0.883. The van der Waals surface area contributed by atoms with Crippen molar-refractivity contribution in [2.75, 3.05) is 12.3 Å². The van der Waals surface area contributed by atoms with Crippen molar-refractivity contribution in [2.24, 2.45) is 0 Å². The molecular formula is C13H14N2O3S. The van der Waals surface area contributed by atoms with Crippen molar-refractivity contribution in [1.29, 1.82) is 0 Å². The fourth-order valence-electron chi connectivity index (χ4n) is 2.27. The molecular weight excluding hydrogens is 264 g/mol. The van der Waals surface area contributed by atoms with Crippen molar-refractivity contribution in [2.45, 2.75) is 18.0 Å². The highest BCUT2D eigenvalue weighted by atomic mass is 32.2. The summed E-state index contributed by atoms with van der Waals surface area (Å²) in [7, 11) is 0. The van der Waals surface area contributed by atoms with Crippen molar-refractivity contribution in [3.05, 3.63) is 35.9 Å². The minimum absolute atomic E-state index is 0.00553. The first-order chi connectivity index (χ1) is 9.25. The van der Waals surface area contributed by atoms with Gasteiger partial charge in [-0.1, -0.05) is 30.3 Å². The molecule has 2 bridgehead atoms. The molecule has 2 fully saturated rings. The van der Waals surface area contributed by atoms with Crippen molar-refractivity contribution in [3.63, 3.8) is 0 Å². The second kappa shape index (κ2) is 5.13. The molecule has 0 aromatic heterocycles. The van der Waals surface area contributed by atoms with Crippen molar-refractivity contribution < 1.29 is 14.3 Å². The topological polar surface area (TPSA) is 58.6 Å². The molecule has 5 nitrogen and oxygen atoms in total. The largest absolute Gasteiger partial charge is 0.445 e. The number of rotatable bonds is 2. The summed E-state index contributed by atoms with van der Waals surface area (Å²) in [4.78, 5) is 25.3. The lowest BCUT2D eigenvalue weighted by molar-refractivity contribution is -0.127. The Bertz CT molecular complexity index is 494. The summed E-state index contributed by atoms with van der Waals surface area (Å²) in [6.07, 6.45) is -0.404. The molecule has 0 aliphatic carbocycles. The first-order valence-corrected chi connectivity index (χ1v) is 7.19. The lowest BCUT2D eigenvalue weighted by Crippen LogP contribution is -2.57. The van der Waals surface area contributed by atoms with Crippen molar-refractivity contribution in [1.82, 2.24) is 10.2 Å². The fraction of sp³-hybridized carbons (Fsp3) is 0.385. The third-order valence-corrected chi connectivity index (χ3v) is 4.55. The van der Waals surface area contributed by atoms with E-state index in [-0.39, 0.29) is 23.9 Å². The van der Waals surface area contributed by atoms with E-state index in [0.717, 1.165) is 5.56 Å². The standard InChI is InChI=1S/C13H14N2O3S/c16-12-10-8-19-11(6-14-12)15(10)13(17)18-7-9-4-2-1-3-5-9/h1-5,10-11H,6-8H2,(H,14,16). The van der Waals surface area contributed by atoms with Crippen LogP contribution in [0.3, 0.4) is 0 Å². The Morgan fingerprint density at radius 3 is 3.00 bits per heavy atom. The first-order valence-electron chi connectivity index (χ1n) is 6.14. The summed E-state index contributed by atoms with van der Waals surface area (Å²) >= 11 is 1.62. The van der Waals surface area contributed by atoms with Gasteiger partial charge in [-0.15, -0.1) is 11.8 Å². The number of amides is 2. The van der Waals surface area contributed by atoms with Gasteiger partial charge in [-0.3, -0.25) is 9.69 Å². The molecule has 0 saturated carbocycles. The van der Waals surface area contributed by atoms with E-state index in [1.54, 1.807) is 16.7 Å². The van der Waals surface area contributed by atoms with E-state index in [9.17, 15) is 9.59 Å². The van der Waals surface area contributed by atoms with Gasteiger partial charge in [0.2, 0.25) is 5.91 Å². The molecule has 2 amide bonds. The smallest absolute Gasteiger partial charge is 0.411 e. The monoisotopic (exact) mass is 278 g/mol. The Morgan fingerprint density at radius 2 is 2.21 bits per heavy atom. The summed E-state index contributed by atoms with van der Waals surface area (Å²) in [6.45, 7) is 0.738. The summed E-state index contributed by atoms with van der Waals surface area (Å²) in [5.41, 5.74) is 0.942. The molecule has 2 atom stereocenters. The number of hydrogen-bond acceptors (Lipinski definition) is 4. The van der Waals surface area contributed by atoms with E-state index < -0.39 is 6.09 Å². The molecule has 2 aliphatic rings. The third-order valence-electron chi connectivity index (χ3n) is 3.26. The van der Waals surface area contributed by atoms with Gasteiger partial charge < -0.3 is 10.1 Å². The van der Waals surface area contributed by atoms with Crippen LogP contribution in [0.25, 0.3) is 0 Å². The van der Waals surface area contributed by atoms with Gasteiger partial charge in [0, 0.05) is 12.3 Å². The number of thioether (sulfide) groups is 1. The Hall–Kier alpha value is -1.69. The van der Waals surface area contributed by atoms with Gasteiger partial charge in [-0.25, -0.2) is 4.79 Å². The minimum atomic E-state index is -0.404. The number of benzene rings is 1. The predicted molar refractivity (Wildman–Crippen MR) is 71.5 cm³/mol. The average Bonchev–Trinajstić information content (AvgIpc) is 2.78. The Morgan fingerprint density at radius 1 is 1.42 bits per heavy atom. The first kappa shape index (κ1) is 12.3. The molecule has 19 heavy (non-hydrogen) atoms. The molecule has 2 saturated heterocycles. The van der Waals surface area contributed by atoms with E-state index in [1.807, 2.05) is 30.3 Å². The molecule has 1 aromatic rings. The zero-order valence-corrected chi connectivity index (χ0v) is 11.1. The van der Waals surface area contributed by atoms with Crippen LogP contribution in [0.1, 0.15) is 5.56 Å². The number of hydrogen-bond donors (Lipinski definition) is 1. The van der Waals surface area contributed by atoms with Gasteiger partial charge in [-0.2, -0.15) is 0 Å². The molecule has 3 rings (SSSR count). The SMILES string of the molecule is O=C1NCC2SCC1N2C(=O)OCc1ccccc1. The van der Waals surface area contributed by atoms with Gasteiger partial charge in [0.1, 0.15) is 12.6 Å². The highest BCUT2D eigenvalue weighted by Gasteiger charge is 2.45. The zero-order chi connectivity index (χ0) is 13.2. The maximum Gasteiger partial charge on any atom is 0.411 e. The lowest BCUT2D eigenvalue weighted by atomic mass is 10.2. The number of carbonyl (C=O) groups is 2. The fourth-order valence-corrected chi connectivity index (χ4v) is 3.58. The summed E-state index contributed by atoms with van der Waals surface area (Å²) < 4.78 is 5.29. The molecule has 0 spiro atoms. The van der Waals surface area contributed by atoms with E-state index in [4.69, 9.17) is 4.74 Å². The Balaban J connectivity index is 1.63. The maximum absolute atomic E-state index is 12.1.